The number of sulfonamides is 1. The molecule has 2 amide bonds. The maximum absolute atomic E-state index is 13.1. The molecule has 0 unspecified atom stereocenters. The third kappa shape index (κ3) is 6.23. The van der Waals surface area contributed by atoms with Gasteiger partial charge in [-0.3, -0.25) is 14.5 Å². The molecule has 0 atom stereocenters. The first kappa shape index (κ1) is 26.7. The molecule has 2 aromatic rings. The molecule has 1 aliphatic rings. The Labute approximate surface area is 206 Å². The second-order valence-corrected chi connectivity index (χ2v) is 11.2. The van der Waals surface area contributed by atoms with Crippen molar-refractivity contribution in [2.75, 3.05) is 38.0 Å². The average molecular weight is 527 g/mol. The summed E-state index contributed by atoms with van der Waals surface area (Å²) < 4.78 is 45.2. The van der Waals surface area contributed by atoms with E-state index in [1.807, 2.05) is 0 Å². The largest absolute Gasteiger partial charge is 0.459 e. The maximum Gasteiger partial charge on any atom is 0.341 e. The predicted octanol–water partition coefficient (Wildman–Crippen LogP) is 1.80. The molecule has 13 heteroatoms. The van der Waals surface area contributed by atoms with Crippen LogP contribution in [-0.4, -0.2) is 74.2 Å². The molecule has 190 valence electrons. The van der Waals surface area contributed by atoms with E-state index in [1.54, 1.807) is 25.7 Å². The zero-order chi connectivity index (χ0) is 25.9. The third-order valence-electron chi connectivity index (χ3n) is 5.32. The zero-order valence-corrected chi connectivity index (χ0v) is 21.2. The fraction of sp³-hybridized carbons (Fsp3) is 0.409. The van der Waals surface area contributed by atoms with Crippen molar-refractivity contribution in [2.24, 2.45) is 5.73 Å². The molecule has 1 aromatic carbocycles. The monoisotopic (exact) mass is 526 g/mol. The summed E-state index contributed by atoms with van der Waals surface area (Å²) in [6.07, 6.45) is -0.398. The van der Waals surface area contributed by atoms with E-state index in [-0.39, 0.29) is 40.0 Å². The van der Waals surface area contributed by atoms with Gasteiger partial charge in [-0.15, -0.1) is 11.3 Å². The number of anilines is 1. The van der Waals surface area contributed by atoms with Crippen LogP contribution in [0.5, 0.6) is 0 Å². The molecule has 3 rings (SSSR count). The molecule has 10 nitrogen and oxygen atoms in total. The highest BCUT2D eigenvalue weighted by Crippen LogP contribution is 2.33. The molecule has 1 aliphatic heterocycles. The summed E-state index contributed by atoms with van der Waals surface area (Å²) in [5.74, 6) is -2.35. The van der Waals surface area contributed by atoms with Gasteiger partial charge in [0.2, 0.25) is 15.9 Å². The van der Waals surface area contributed by atoms with E-state index in [9.17, 15) is 27.2 Å². The van der Waals surface area contributed by atoms with Crippen molar-refractivity contribution in [3.63, 3.8) is 0 Å². The van der Waals surface area contributed by atoms with Crippen molar-refractivity contribution >= 4 is 44.1 Å². The smallest absolute Gasteiger partial charge is 0.341 e. The number of rotatable bonds is 8. The second kappa shape index (κ2) is 10.8. The Balaban J connectivity index is 1.65. The first-order chi connectivity index (χ1) is 16.4. The van der Waals surface area contributed by atoms with Crippen LogP contribution in [0.1, 0.15) is 39.4 Å². The number of benzene rings is 1. The number of halogens is 1. The number of thiophene rings is 1. The fourth-order valence-electron chi connectivity index (χ4n) is 3.61. The summed E-state index contributed by atoms with van der Waals surface area (Å²) in [5.41, 5.74) is 5.82. The minimum atomic E-state index is -3.77. The first-order valence-electron chi connectivity index (χ1n) is 10.8. The van der Waals surface area contributed by atoms with E-state index < -0.39 is 39.7 Å². The van der Waals surface area contributed by atoms with Gasteiger partial charge in [0.15, 0.2) is 0 Å². The number of nitrogens with one attached hydrogen (secondary N) is 1. The Morgan fingerprint density at radius 3 is 2.29 bits per heavy atom. The summed E-state index contributed by atoms with van der Waals surface area (Å²) in [4.78, 5) is 39.0. The standard InChI is InChI=1S/C22H27FN4O6S2/c1-13(2)33-22(30)18-14(3)19(20(24)29)34-21(18)25-17(28)12-26-8-10-27(11-9-26)35(31,32)16-6-4-15(23)5-7-16/h4-7,13H,8-12H2,1-3H3,(H2,24,29)(H,25,28). The Morgan fingerprint density at radius 2 is 1.74 bits per heavy atom. The van der Waals surface area contributed by atoms with Crippen LogP contribution in [0.15, 0.2) is 29.2 Å². The quantitative estimate of drug-likeness (QED) is 0.500. The van der Waals surface area contributed by atoms with Crippen LogP contribution in [-0.2, 0) is 19.6 Å². The van der Waals surface area contributed by atoms with Gasteiger partial charge in [0.25, 0.3) is 5.91 Å². The Hall–Kier alpha value is -2.87. The van der Waals surface area contributed by atoms with Gasteiger partial charge < -0.3 is 15.8 Å². The molecule has 2 heterocycles. The van der Waals surface area contributed by atoms with Crippen molar-refractivity contribution in [1.29, 1.82) is 0 Å². The maximum atomic E-state index is 13.1. The molecular formula is C22H27FN4O6S2. The van der Waals surface area contributed by atoms with Crippen LogP contribution >= 0.6 is 11.3 Å². The van der Waals surface area contributed by atoms with Crippen LogP contribution in [0.2, 0.25) is 0 Å². The van der Waals surface area contributed by atoms with Crippen molar-refractivity contribution < 1.29 is 31.9 Å². The van der Waals surface area contributed by atoms with Crippen molar-refractivity contribution in [3.8, 4) is 0 Å². The van der Waals surface area contributed by atoms with Gasteiger partial charge in [-0.2, -0.15) is 4.31 Å². The number of primary amides is 1. The Bertz CT molecular complexity index is 1220. The van der Waals surface area contributed by atoms with E-state index in [0.717, 1.165) is 23.5 Å². The van der Waals surface area contributed by atoms with Crippen LogP contribution in [0, 0.1) is 12.7 Å². The molecule has 1 aromatic heterocycles. The zero-order valence-electron chi connectivity index (χ0n) is 19.5. The number of hydrogen-bond acceptors (Lipinski definition) is 8. The summed E-state index contributed by atoms with van der Waals surface area (Å²) in [6.45, 7) is 5.78. The lowest BCUT2D eigenvalue weighted by Gasteiger charge is -2.33. The lowest BCUT2D eigenvalue weighted by Crippen LogP contribution is -2.50. The van der Waals surface area contributed by atoms with Gasteiger partial charge in [-0.25, -0.2) is 17.6 Å². The molecule has 0 radical (unpaired) electrons. The summed E-state index contributed by atoms with van der Waals surface area (Å²) in [5, 5.41) is 2.83. The van der Waals surface area contributed by atoms with Gasteiger partial charge >= 0.3 is 5.97 Å². The molecular weight excluding hydrogens is 499 g/mol. The van der Waals surface area contributed by atoms with E-state index in [2.05, 4.69) is 5.32 Å². The summed E-state index contributed by atoms with van der Waals surface area (Å²) in [7, 11) is -3.77. The number of hydrogen-bond donors (Lipinski definition) is 2. The molecule has 35 heavy (non-hydrogen) atoms. The van der Waals surface area contributed by atoms with E-state index in [4.69, 9.17) is 10.5 Å². The Morgan fingerprint density at radius 1 is 1.14 bits per heavy atom. The van der Waals surface area contributed by atoms with Crippen molar-refractivity contribution in [2.45, 2.75) is 31.8 Å². The molecule has 1 saturated heterocycles. The predicted molar refractivity (Wildman–Crippen MR) is 128 cm³/mol. The second-order valence-electron chi connectivity index (χ2n) is 8.26. The Kier molecular flexibility index (Phi) is 8.26. The SMILES string of the molecule is Cc1c(C(N)=O)sc(NC(=O)CN2CCN(S(=O)(=O)c3ccc(F)cc3)CC2)c1C(=O)OC(C)C. The molecule has 3 N–H and O–H groups in total. The lowest BCUT2D eigenvalue weighted by molar-refractivity contribution is -0.117. The van der Waals surface area contributed by atoms with E-state index in [0.29, 0.717) is 18.7 Å². The molecule has 0 aliphatic carbocycles. The average Bonchev–Trinajstić information content (AvgIpc) is 3.09. The highest BCUT2D eigenvalue weighted by Gasteiger charge is 2.30. The van der Waals surface area contributed by atoms with Gasteiger partial charge in [0, 0.05) is 26.2 Å². The van der Waals surface area contributed by atoms with Gasteiger partial charge in [-0.1, -0.05) is 0 Å². The number of nitrogens with two attached hydrogens (primary N) is 1. The van der Waals surface area contributed by atoms with Crippen molar-refractivity contribution in [1.82, 2.24) is 9.21 Å². The van der Waals surface area contributed by atoms with Crippen LogP contribution < -0.4 is 11.1 Å². The number of piperazine rings is 1. The minimum absolute atomic E-state index is 0.00391. The number of esters is 1. The molecule has 0 bridgehead atoms. The van der Waals surface area contributed by atoms with Crippen LogP contribution in [0.3, 0.4) is 0 Å². The molecule has 1 fully saturated rings. The molecule has 0 spiro atoms. The highest BCUT2D eigenvalue weighted by atomic mass is 32.2. The number of amides is 2. The van der Waals surface area contributed by atoms with Crippen molar-refractivity contribution in [3.05, 3.63) is 46.1 Å². The fourth-order valence-corrected chi connectivity index (χ4v) is 6.09. The van der Waals surface area contributed by atoms with Crippen LogP contribution in [0.4, 0.5) is 9.39 Å². The lowest BCUT2D eigenvalue weighted by atomic mass is 10.1. The number of carbonyl (C=O) groups is 3. The normalized spacial score (nSPS) is 15.2. The number of nitrogens with zero attached hydrogens (tertiary/aromatic N) is 2. The minimum Gasteiger partial charge on any atom is -0.459 e. The first-order valence-corrected chi connectivity index (χ1v) is 13.1. The topological polar surface area (TPSA) is 139 Å². The summed E-state index contributed by atoms with van der Waals surface area (Å²) in [6, 6.07) is 4.62. The van der Waals surface area contributed by atoms with Gasteiger partial charge in [0.05, 0.1) is 28.0 Å². The highest BCUT2D eigenvalue weighted by molar-refractivity contribution is 7.89. The van der Waals surface area contributed by atoms with Gasteiger partial charge in [-0.05, 0) is 50.6 Å². The molecule has 0 saturated carbocycles. The third-order valence-corrected chi connectivity index (χ3v) is 8.45. The van der Waals surface area contributed by atoms with Crippen LogP contribution in [0.25, 0.3) is 0 Å². The number of carbonyl (C=O) groups excluding carboxylic acids is 3. The number of ether oxygens (including phenoxy) is 1. The van der Waals surface area contributed by atoms with E-state index >= 15 is 0 Å². The summed E-state index contributed by atoms with van der Waals surface area (Å²) >= 11 is 0.902. The van der Waals surface area contributed by atoms with E-state index in [1.165, 1.54) is 16.4 Å². The van der Waals surface area contributed by atoms with Gasteiger partial charge in [0.1, 0.15) is 10.8 Å².